The molecule has 1 N–H and O–H groups in total. The minimum absolute atomic E-state index is 0.125. The maximum atomic E-state index is 13.2. The van der Waals surface area contributed by atoms with Crippen molar-refractivity contribution in [3.8, 4) is 0 Å². The summed E-state index contributed by atoms with van der Waals surface area (Å²) < 4.78 is 26.5. The second kappa shape index (κ2) is 4.13. The topological polar surface area (TPSA) is 12.0 Å². The van der Waals surface area contributed by atoms with Crippen LogP contribution in [0.2, 0.25) is 0 Å². The molecule has 0 radical (unpaired) electrons. The lowest BCUT2D eigenvalue weighted by Gasteiger charge is -2.17. The van der Waals surface area contributed by atoms with Crippen LogP contribution in [0.5, 0.6) is 0 Å². The summed E-state index contributed by atoms with van der Waals surface area (Å²) in [6.45, 7) is 4.83. The van der Waals surface area contributed by atoms with Gasteiger partial charge in [-0.15, -0.1) is 0 Å². The second-order valence-electron chi connectivity index (χ2n) is 4.66. The van der Waals surface area contributed by atoms with Crippen molar-refractivity contribution in [2.45, 2.75) is 32.1 Å². The lowest BCUT2D eigenvalue weighted by atomic mass is 9.92. The third-order valence-corrected chi connectivity index (χ3v) is 3.21. The van der Waals surface area contributed by atoms with E-state index in [1.807, 2.05) is 6.07 Å². The molecular formula is C13H17F2N. The standard InChI is InChI=1S/C13H17F2N/c1-9-8-16-6-5-10-3-4-11(7-12(9)10)13(2,14)15/h3-4,7,9,16H,5-6,8H2,1-2H3. The van der Waals surface area contributed by atoms with E-state index < -0.39 is 5.92 Å². The first kappa shape index (κ1) is 11.5. The van der Waals surface area contributed by atoms with E-state index in [1.165, 1.54) is 5.56 Å². The monoisotopic (exact) mass is 225 g/mol. The molecule has 1 atom stereocenters. The van der Waals surface area contributed by atoms with Crippen LogP contribution >= 0.6 is 0 Å². The van der Waals surface area contributed by atoms with Gasteiger partial charge in [-0.25, -0.2) is 8.78 Å². The fourth-order valence-electron chi connectivity index (χ4n) is 2.21. The maximum Gasteiger partial charge on any atom is 0.270 e. The molecule has 1 aliphatic rings. The van der Waals surface area contributed by atoms with Crippen LogP contribution in [0.4, 0.5) is 8.78 Å². The van der Waals surface area contributed by atoms with Crippen LogP contribution in [-0.2, 0) is 12.3 Å². The Morgan fingerprint density at radius 3 is 2.81 bits per heavy atom. The number of nitrogens with one attached hydrogen (secondary N) is 1. The molecule has 0 aromatic heterocycles. The van der Waals surface area contributed by atoms with Gasteiger partial charge in [0.15, 0.2) is 0 Å². The predicted octanol–water partition coefficient (Wildman–Crippen LogP) is 3.05. The molecule has 1 aromatic carbocycles. The molecule has 0 saturated carbocycles. The minimum atomic E-state index is -2.74. The van der Waals surface area contributed by atoms with Gasteiger partial charge in [-0.1, -0.05) is 19.1 Å². The van der Waals surface area contributed by atoms with Gasteiger partial charge in [0, 0.05) is 19.0 Å². The van der Waals surface area contributed by atoms with Gasteiger partial charge in [0.25, 0.3) is 5.92 Å². The highest BCUT2D eigenvalue weighted by Crippen LogP contribution is 2.31. The Hall–Kier alpha value is -0.960. The second-order valence-corrected chi connectivity index (χ2v) is 4.66. The summed E-state index contributed by atoms with van der Waals surface area (Å²) >= 11 is 0. The van der Waals surface area contributed by atoms with E-state index in [0.717, 1.165) is 32.0 Å². The first-order valence-electron chi connectivity index (χ1n) is 5.70. The molecule has 16 heavy (non-hydrogen) atoms. The minimum Gasteiger partial charge on any atom is -0.316 e. The number of rotatable bonds is 1. The summed E-state index contributed by atoms with van der Waals surface area (Å²) in [6.07, 6.45) is 0.926. The Morgan fingerprint density at radius 1 is 1.38 bits per heavy atom. The van der Waals surface area contributed by atoms with Crippen LogP contribution in [0.3, 0.4) is 0 Å². The molecule has 88 valence electrons. The van der Waals surface area contributed by atoms with Crippen molar-refractivity contribution in [3.63, 3.8) is 0 Å². The Balaban J connectivity index is 2.43. The maximum absolute atomic E-state index is 13.2. The van der Waals surface area contributed by atoms with Crippen molar-refractivity contribution in [3.05, 3.63) is 34.9 Å². The van der Waals surface area contributed by atoms with Crippen LogP contribution in [0.1, 0.15) is 36.5 Å². The molecule has 1 nitrogen and oxygen atoms in total. The molecule has 0 fully saturated rings. The number of benzene rings is 1. The van der Waals surface area contributed by atoms with Crippen LogP contribution < -0.4 is 5.32 Å². The summed E-state index contributed by atoms with van der Waals surface area (Å²) in [5, 5.41) is 3.31. The zero-order valence-corrected chi connectivity index (χ0v) is 9.69. The molecule has 1 aliphatic heterocycles. The summed E-state index contributed by atoms with van der Waals surface area (Å²) in [5.41, 5.74) is 2.40. The van der Waals surface area contributed by atoms with E-state index in [2.05, 4.69) is 12.2 Å². The third kappa shape index (κ3) is 2.24. The molecule has 2 rings (SSSR count). The molecule has 0 spiro atoms. The molecule has 0 bridgehead atoms. The van der Waals surface area contributed by atoms with Gasteiger partial charge < -0.3 is 5.32 Å². The van der Waals surface area contributed by atoms with Crippen LogP contribution in [0.15, 0.2) is 18.2 Å². The molecule has 0 aliphatic carbocycles. The molecule has 0 saturated heterocycles. The Kier molecular flexibility index (Phi) is 2.98. The van der Waals surface area contributed by atoms with E-state index in [0.29, 0.717) is 5.92 Å². The van der Waals surface area contributed by atoms with Gasteiger partial charge in [-0.2, -0.15) is 0 Å². The average Bonchev–Trinajstić information content (AvgIpc) is 2.39. The smallest absolute Gasteiger partial charge is 0.270 e. The van der Waals surface area contributed by atoms with E-state index >= 15 is 0 Å². The highest BCUT2D eigenvalue weighted by molar-refractivity contribution is 5.37. The SMILES string of the molecule is CC1CNCCc2ccc(C(C)(F)F)cc21. The normalized spacial score (nSPS) is 21.4. The first-order chi connectivity index (χ1) is 7.48. The number of halogens is 2. The lowest BCUT2D eigenvalue weighted by molar-refractivity contribution is 0.0174. The first-order valence-corrected chi connectivity index (χ1v) is 5.70. The highest BCUT2D eigenvalue weighted by atomic mass is 19.3. The fraction of sp³-hybridized carbons (Fsp3) is 0.538. The van der Waals surface area contributed by atoms with Gasteiger partial charge in [-0.05, 0) is 36.1 Å². The molecule has 1 aromatic rings. The average molecular weight is 225 g/mol. The van der Waals surface area contributed by atoms with Crippen molar-refractivity contribution in [1.29, 1.82) is 0 Å². The van der Waals surface area contributed by atoms with Gasteiger partial charge in [0.05, 0.1) is 0 Å². The van der Waals surface area contributed by atoms with E-state index in [9.17, 15) is 8.78 Å². The number of alkyl halides is 2. The molecular weight excluding hydrogens is 208 g/mol. The van der Waals surface area contributed by atoms with Crippen molar-refractivity contribution < 1.29 is 8.78 Å². The lowest BCUT2D eigenvalue weighted by Crippen LogP contribution is -2.18. The quantitative estimate of drug-likeness (QED) is 0.774. The zero-order valence-electron chi connectivity index (χ0n) is 9.69. The van der Waals surface area contributed by atoms with Crippen molar-refractivity contribution >= 4 is 0 Å². The van der Waals surface area contributed by atoms with Gasteiger partial charge in [0.1, 0.15) is 0 Å². The van der Waals surface area contributed by atoms with Gasteiger partial charge in [0.2, 0.25) is 0 Å². The van der Waals surface area contributed by atoms with Crippen molar-refractivity contribution in [2.24, 2.45) is 0 Å². The zero-order chi connectivity index (χ0) is 11.8. The molecule has 1 heterocycles. The Labute approximate surface area is 94.9 Å². The van der Waals surface area contributed by atoms with Crippen molar-refractivity contribution in [2.75, 3.05) is 13.1 Å². The van der Waals surface area contributed by atoms with Gasteiger partial charge in [-0.3, -0.25) is 0 Å². The molecule has 1 unspecified atom stereocenters. The van der Waals surface area contributed by atoms with E-state index in [-0.39, 0.29) is 5.56 Å². The Morgan fingerprint density at radius 2 is 2.12 bits per heavy atom. The summed E-state index contributed by atoms with van der Waals surface area (Å²) in [4.78, 5) is 0. The van der Waals surface area contributed by atoms with E-state index in [4.69, 9.17) is 0 Å². The van der Waals surface area contributed by atoms with Crippen LogP contribution in [-0.4, -0.2) is 13.1 Å². The predicted molar refractivity (Wildman–Crippen MR) is 61.0 cm³/mol. The van der Waals surface area contributed by atoms with Crippen LogP contribution in [0.25, 0.3) is 0 Å². The summed E-state index contributed by atoms with van der Waals surface area (Å²) in [6, 6.07) is 5.08. The Bertz CT molecular complexity index is 382. The van der Waals surface area contributed by atoms with Gasteiger partial charge >= 0.3 is 0 Å². The third-order valence-electron chi connectivity index (χ3n) is 3.21. The van der Waals surface area contributed by atoms with E-state index in [1.54, 1.807) is 12.1 Å². The summed E-state index contributed by atoms with van der Waals surface area (Å²) in [5.74, 6) is -2.44. The highest BCUT2D eigenvalue weighted by Gasteiger charge is 2.26. The number of hydrogen-bond donors (Lipinski definition) is 1. The molecule has 0 amide bonds. The number of hydrogen-bond acceptors (Lipinski definition) is 1. The molecule has 3 heteroatoms. The van der Waals surface area contributed by atoms with Crippen molar-refractivity contribution in [1.82, 2.24) is 5.32 Å². The van der Waals surface area contributed by atoms with Crippen LogP contribution in [0, 0.1) is 0 Å². The summed E-state index contributed by atoms with van der Waals surface area (Å²) in [7, 11) is 0. The number of fused-ring (bicyclic) bond motifs is 1. The largest absolute Gasteiger partial charge is 0.316 e. The fourth-order valence-corrected chi connectivity index (χ4v) is 2.21.